The SMILES string of the molecule is C=C1C(=CC=C2CCC[C@]3(C)[C@@H]([C@H](C)CC[C@@H](OC(=O)C(C)(C)CO)C4(c5ncc(CCC)[nH]5)CC4)CC[C@@H]23)C[C@@H](O)C[C@@H]1O. The summed E-state index contributed by atoms with van der Waals surface area (Å²) in [6, 6.07) is 0. The number of aromatic nitrogens is 2. The number of rotatable bonds is 12. The second kappa shape index (κ2) is 13.5. The highest BCUT2D eigenvalue weighted by Crippen LogP contribution is 2.60. The number of aliphatic hydroxyl groups is 3. The van der Waals surface area contributed by atoms with Crippen LogP contribution in [0.15, 0.2) is 41.6 Å². The van der Waals surface area contributed by atoms with E-state index >= 15 is 0 Å². The zero-order valence-corrected chi connectivity index (χ0v) is 28.4. The molecule has 4 aliphatic rings. The summed E-state index contributed by atoms with van der Waals surface area (Å²) in [6.07, 6.45) is 17.4. The number of nitrogens with one attached hydrogen (secondary N) is 1. The third-order valence-electron chi connectivity index (χ3n) is 12.1. The minimum Gasteiger partial charge on any atom is -0.461 e. The van der Waals surface area contributed by atoms with E-state index in [1.807, 2.05) is 6.20 Å². The number of imidazole rings is 1. The van der Waals surface area contributed by atoms with Crippen molar-refractivity contribution in [3.8, 4) is 0 Å². The molecule has 0 radical (unpaired) electrons. The number of hydrogen-bond donors (Lipinski definition) is 4. The van der Waals surface area contributed by atoms with Gasteiger partial charge >= 0.3 is 5.97 Å². The number of ether oxygens (including phenoxy) is 1. The molecular weight excluding hydrogens is 564 g/mol. The number of fused-ring (bicyclic) bond motifs is 1. The molecule has 7 nitrogen and oxygen atoms in total. The van der Waals surface area contributed by atoms with E-state index in [0.717, 1.165) is 67.6 Å². The molecule has 0 bridgehead atoms. The number of aromatic amines is 1. The molecule has 4 aliphatic carbocycles. The summed E-state index contributed by atoms with van der Waals surface area (Å²) in [5.74, 6) is 2.22. The van der Waals surface area contributed by atoms with Crippen LogP contribution in [0.5, 0.6) is 0 Å². The summed E-state index contributed by atoms with van der Waals surface area (Å²) < 4.78 is 6.32. The van der Waals surface area contributed by atoms with Gasteiger partial charge in [0.1, 0.15) is 11.9 Å². The quantitative estimate of drug-likeness (QED) is 0.189. The van der Waals surface area contributed by atoms with Crippen molar-refractivity contribution in [2.75, 3.05) is 6.61 Å². The van der Waals surface area contributed by atoms with Crippen molar-refractivity contribution in [3.63, 3.8) is 0 Å². The number of H-pyrrole nitrogens is 1. The van der Waals surface area contributed by atoms with Crippen LogP contribution >= 0.6 is 0 Å². The molecule has 4 saturated carbocycles. The molecule has 5 rings (SSSR count). The highest BCUT2D eigenvalue weighted by Gasteiger charge is 2.56. The van der Waals surface area contributed by atoms with Crippen LogP contribution in [0, 0.1) is 28.6 Å². The van der Waals surface area contributed by atoms with Gasteiger partial charge < -0.3 is 25.0 Å². The lowest BCUT2D eigenvalue weighted by molar-refractivity contribution is -0.164. The van der Waals surface area contributed by atoms with Gasteiger partial charge in [-0.05, 0) is 119 Å². The topological polar surface area (TPSA) is 116 Å². The molecule has 0 aliphatic heterocycles. The van der Waals surface area contributed by atoms with Crippen LogP contribution in [-0.4, -0.2) is 56.2 Å². The fourth-order valence-electron chi connectivity index (χ4n) is 8.95. The molecule has 1 heterocycles. The first-order chi connectivity index (χ1) is 21.3. The van der Waals surface area contributed by atoms with Crippen molar-refractivity contribution in [1.82, 2.24) is 9.97 Å². The normalized spacial score (nSPS) is 32.8. The van der Waals surface area contributed by atoms with Gasteiger partial charge in [-0.15, -0.1) is 0 Å². The Balaban J connectivity index is 1.31. The summed E-state index contributed by atoms with van der Waals surface area (Å²) in [7, 11) is 0. The Hall–Kier alpha value is -2.22. The number of carbonyl (C=O) groups is 1. The number of carbonyl (C=O) groups excluding carboxylic acids is 1. The first-order valence-electron chi connectivity index (χ1n) is 17.7. The van der Waals surface area contributed by atoms with Gasteiger partial charge in [0.05, 0.1) is 29.6 Å². The third-order valence-corrected chi connectivity index (χ3v) is 12.1. The van der Waals surface area contributed by atoms with Crippen molar-refractivity contribution in [1.29, 1.82) is 0 Å². The summed E-state index contributed by atoms with van der Waals surface area (Å²) >= 11 is 0. The number of hydrogen-bond acceptors (Lipinski definition) is 6. The number of aryl methyl sites for hydroxylation is 1. The van der Waals surface area contributed by atoms with E-state index in [9.17, 15) is 20.1 Å². The van der Waals surface area contributed by atoms with Gasteiger partial charge in [0.15, 0.2) is 0 Å². The molecule has 0 spiro atoms. The molecule has 0 aromatic carbocycles. The molecule has 1 aromatic rings. The molecule has 0 amide bonds. The van der Waals surface area contributed by atoms with Crippen LogP contribution in [-0.2, 0) is 21.4 Å². The lowest BCUT2D eigenvalue weighted by atomic mass is 9.60. The predicted molar refractivity (Wildman–Crippen MR) is 177 cm³/mol. The molecule has 45 heavy (non-hydrogen) atoms. The Morgan fingerprint density at radius 1 is 1.22 bits per heavy atom. The van der Waals surface area contributed by atoms with Crippen molar-refractivity contribution in [2.24, 2.45) is 28.6 Å². The highest BCUT2D eigenvalue weighted by molar-refractivity contribution is 5.76. The molecule has 7 heteroatoms. The van der Waals surface area contributed by atoms with Gasteiger partial charge in [0.2, 0.25) is 0 Å². The van der Waals surface area contributed by atoms with Crippen molar-refractivity contribution in [2.45, 2.75) is 142 Å². The Bertz CT molecular complexity index is 1290. The average Bonchev–Trinajstić information content (AvgIpc) is 3.52. The highest BCUT2D eigenvalue weighted by atomic mass is 16.5. The maximum atomic E-state index is 13.3. The minimum absolute atomic E-state index is 0.225. The molecule has 0 saturated heterocycles. The van der Waals surface area contributed by atoms with E-state index in [4.69, 9.17) is 9.72 Å². The third kappa shape index (κ3) is 6.92. The van der Waals surface area contributed by atoms with E-state index in [1.165, 1.54) is 31.3 Å². The van der Waals surface area contributed by atoms with E-state index < -0.39 is 17.6 Å². The van der Waals surface area contributed by atoms with Gasteiger partial charge in [0.25, 0.3) is 0 Å². The van der Waals surface area contributed by atoms with Crippen molar-refractivity contribution in [3.05, 3.63) is 53.2 Å². The van der Waals surface area contributed by atoms with Crippen LogP contribution in [0.4, 0.5) is 0 Å². The Morgan fingerprint density at radius 3 is 2.67 bits per heavy atom. The van der Waals surface area contributed by atoms with Crippen LogP contribution < -0.4 is 0 Å². The number of esters is 1. The molecule has 1 aromatic heterocycles. The number of allylic oxidation sites excluding steroid dienone is 3. The van der Waals surface area contributed by atoms with E-state index in [-0.39, 0.29) is 29.5 Å². The molecule has 4 fully saturated rings. The maximum Gasteiger partial charge on any atom is 0.314 e. The van der Waals surface area contributed by atoms with Crippen LogP contribution in [0.2, 0.25) is 0 Å². The lowest BCUT2D eigenvalue weighted by Gasteiger charge is -2.44. The Morgan fingerprint density at radius 2 is 1.98 bits per heavy atom. The minimum atomic E-state index is -0.942. The zero-order valence-electron chi connectivity index (χ0n) is 28.4. The molecule has 4 N–H and O–H groups in total. The maximum absolute atomic E-state index is 13.3. The second-order valence-electron chi connectivity index (χ2n) is 15.8. The average molecular weight is 623 g/mol. The van der Waals surface area contributed by atoms with Crippen LogP contribution in [0.3, 0.4) is 0 Å². The standard InChI is InChI=1S/C38H58N2O5/c1-7-9-28-22-39-34(40-28)38(18-19-38)33(45-35(44)36(4,5)23-41)16-11-24(2)30-14-15-31-26(10-8-17-37(30,31)6)12-13-27-20-29(42)21-32(43)25(27)3/h12-13,22,24,29-33,41-43H,3,7-11,14-21,23H2,1-2,4-6H3,(H,39,40)/t24-,29-,30-,31+,32+,33-,37-/m1/s1. The largest absolute Gasteiger partial charge is 0.461 e. The smallest absolute Gasteiger partial charge is 0.314 e. The van der Waals surface area contributed by atoms with Crippen LogP contribution in [0.25, 0.3) is 0 Å². The fourth-order valence-corrected chi connectivity index (χ4v) is 8.95. The molecule has 250 valence electrons. The van der Waals surface area contributed by atoms with Gasteiger partial charge in [-0.3, -0.25) is 4.79 Å². The number of aliphatic hydroxyl groups excluding tert-OH is 3. The first-order valence-corrected chi connectivity index (χ1v) is 17.7. The molecule has 0 unspecified atom stereocenters. The van der Waals surface area contributed by atoms with E-state index in [0.29, 0.717) is 30.6 Å². The monoisotopic (exact) mass is 622 g/mol. The van der Waals surface area contributed by atoms with Crippen molar-refractivity contribution >= 4 is 5.97 Å². The predicted octanol–water partition coefficient (Wildman–Crippen LogP) is 6.88. The van der Waals surface area contributed by atoms with Gasteiger partial charge in [0, 0.05) is 18.3 Å². The van der Waals surface area contributed by atoms with Gasteiger partial charge in [-0.25, -0.2) is 4.98 Å². The van der Waals surface area contributed by atoms with Gasteiger partial charge in [-0.2, -0.15) is 0 Å². The van der Waals surface area contributed by atoms with E-state index in [1.54, 1.807) is 13.8 Å². The summed E-state index contributed by atoms with van der Waals surface area (Å²) in [5, 5.41) is 30.4. The number of nitrogens with zero attached hydrogens (tertiary/aromatic N) is 1. The summed E-state index contributed by atoms with van der Waals surface area (Å²) in [6.45, 7) is 14.4. The summed E-state index contributed by atoms with van der Waals surface area (Å²) in [4.78, 5) is 21.6. The molecular formula is C38H58N2O5. The zero-order chi connectivity index (χ0) is 32.6. The molecule has 7 atom stereocenters. The fraction of sp³-hybridized carbons (Fsp3) is 0.737. The Kier molecular flexibility index (Phi) is 10.2. The lowest BCUT2D eigenvalue weighted by Crippen LogP contribution is -2.40. The van der Waals surface area contributed by atoms with E-state index in [2.05, 4.69) is 44.5 Å². The first kappa shape index (κ1) is 34.1. The van der Waals surface area contributed by atoms with Crippen molar-refractivity contribution < 1.29 is 24.9 Å². The Labute approximate surface area is 270 Å². The van der Waals surface area contributed by atoms with Crippen LogP contribution in [0.1, 0.15) is 123 Å². The summed E-state index contributed by atoms with van der Waals surface area (Å²) in [5.41, 5.74) is 3.37. The van der Waals surface area contributed by atoms with Gasteiger partial charge in [-0.1, -0.05) is 51.5 Å². The second-order valence-corrected chi connectivity index (χ2v) is 15.8.